The highest BCUT2D eigenvalue weighted by atomic mass is 16.5. The van der Waals surface area contributed by atoms with Crippen LogP contribution in [0.15, 0.2) is 36.5 Å². The van der Waals surface area contributed by atoms with Gasteiger partial charge in [0.15, 0.2) is 0 Å². The standard InChI is InChI=1S/C16H16N2O3/c1-21-15-12(7-3-9-17-15)16(20)18-10-4-6-11-5-2-8-13(19)14(11)18/h2-3,5,7-9,19H,4,6,10H2,1H3. The first-order valence-electron chi connectivity index (χ1n) is 6.84. The van der Waals surface area contributed by atoms with E-state index in [0.717, 1.165) is 18.4 Å². The van der Waals surface area contributed by atoms with E-state index >= 15 is 0 Å². The van der Waals surface area contributed by atoms with Crippen molar-refractivity contribution in [1.82, 2.24) is 4.98 Å². The average molecular weight is 284 g/mol. The van der Waals surface area contributed by atoms with Crippen molar-refractivity contribution in [2.24, 2.45) is 0 Å². The number of carbonyl (C=O) groups is 1. The van der Waals surface area contributed by atoms with Crippen molar-refractivity contribution < 1.29 is 14.6 Å². The lowest BCUT2D eigenvalue weighted by Gasteiger charge is -2.30. The molecule has 0 spiro atoms. The van der Waals surface area contributed by atoms with E-state index in [2.05, 4.69) is 4.98 Å². The zero-order chi connectivity index (χ0) is 14.8. The van der Waals surface area contributed by atoms with Crippen molar-refractivity contribution in [1.29, 1.82) is 0 Å². The van der Waals surface area contributed by atoms with Gasteiger partial charge in [-0.05, 0) is 36.6 Å². The van der Waals surface area contributed by atoms with Gasteiger partial charge in [0, 0.05) is 12.7 Å². The Bertz CT molecular complexity index is 685. The van der Waals surface area contributed by atoms with Crippen LogP contribution in [0.4, 0.5) is 5.69 Å². The molecule has 0 bridgehead atoms. The first-order valence-corrected chi connectivity index (χ1v) is 6.84. The summed E-state index contributed by atoms with van der Waals surface area (Å²) in [5.41, 5.74) is 1.98. The molecule has 0 aliphatic carbocycles. The largest absolute Gasteiger partial charge is 0.506 e. The monoisotopic (exact) mass is 284 g/mol. The zero-order valence-corrected chi connectivity index (χ0v) is 11.7. The SMILES string of the molecule is COc1ncccc1C(=O)N1CCCc2cccc(O)c21. The topological polar surface area (TPSA) is 62.7 Å². The summed E-state index contributed by atoms with van der Waals surface area (Å²) in [6.07, 6.45) is 3.31. The molecule has 0 radical (unpaired) electrons. The smallest absolute Gasteiger partial charge is 0.263 e. The number of pyridine rings is 1. The lowest BCUT2D eigenvalue weighted by atomic mass is 10.00. The number of carbonyl (C=O) groups excluding carboxylic acids is 1. The van der Waals surface area contributed by atoms with E-state index in [0.29, 0.717) is 23.7 Å². The van der Waals surface area contributed by atoms with Crippen molar-refractivity contribution in [2.45, 2.75) is 12.8 Å². The van der Waals surface area contributed by atoms with E-state index in [1.807, 2.05) is 6.07 Å². The second kappa shape index (κ2) is 5.44. The number of aromatic nitrogens is 1. The second-order valence-electron chi connectivity index (χ2n) is 4.91. The molecular weight excluding hydrogens is 268 g/mol. The molecule has 0 saturated heterocycles. The van der Waals surface area contributed by atoms with Gasteiger partial charge in [-0.2, -0.15) is 0 Å². The number of anilines is 1. The number of aryl methyl sites for hydroxylation is 1. The number of rotatable bonds is 2. The molecule has 0 fully saturated rings. The molecule has 5 nitrogen and oxygen atoms in total. The Balaban J connectivity index is 2.05. The third-order valence-electron chi connectivity index (χ3n) is 3.64. The number of amides is 1. The maximum atomic E-state index is 12.8. The van der Waals surface area contributed by atoms with Crippen LogP contribution in [0.2, 0.25) is 0 Å². The van der Waals surface area contributed by atoms with Gasteiger partial charge in [0.2, 0.25) is 5.88 Å². The highest BCUT2D eigenvalue weighted by Crippen LogP contribution is 2.36. The van der Waals surface area contributed by atoms with Gasteiger partial charge in [0.25, 0.3) is 5.91 Å². The lowest BCUT2D eigenvalue weighted by Crippen LogP contribution is -2.35. The summed E-state index contributed by atoms with van der Waals surface area (Å²) in [7, 11) is 1.49. The molecule has 0 unspecified atom stereocenters. The van der Waals surface area contributed by atoms with E-state index in [4.69, 9.17) is 4.74 Å². The minimum atomic E-state index is -0.206. The second-order valence-corrected chi connectivity index (χ2v) is 4.91. The van der Waals surface area contributed by atoms with E-state index in [1.165, 1.54) is 7.11 Å². The third kappa shape index (κ3) is 2.31. The van der Waals surface area contributed by atoms with Crippen LogP contribution in [0.1, 0.15) is 22.3 Å². The highest BCUT2D eigenvalue weighted by Gasteiger charge is 2.28. The average Bonchev–Trinajstić information content (AvgIpc) is 2.54. The van der Waals surface area contributed by atoms with Crippen LogP contribution < -0.4 is 9.64 Å². The lowest BCUT2D eigenvalue weighted by molar-refractivity contribution is 0.0980. The molecule has 2 heterocycles. The van der Waals surface area contributed by atoms with E-state index in [9.17, 15) is 9.90 Å². The van der Waals surface area contributed by atoms with Crippen LogP contribution in [-0.2, 0) is 6.42 Å². The van der Waals surface area contributed by atoms with E-state index < -0.39 is 0 Å². The predicted molar refractivity (Wildman–Crippen MR) is 78.9 cm³/mol. The molecule has 21 heavy (non-hydrogen) atoms. The Morgan fingerprint density at radius 2 is 2.19 bits per heavy atom. The molecule has 1 aliphatic rings. The molecule has 1 aromatic carbocycles. The molecule has 108 valence electrons. The van der Waals surface area contributed by atoms with Crippen molar-refractivity contribution in [3.8, 4) is 11.6 Å². The zero-order valence-electron chi connectivity index (χ0n) is 11.7. The van der Waals surface area contributed by atoms with Gasteiger partial charge in [-0.15, -0.1) is 0 Å². The minimum Gasteiger partial charge on any atom is -0.506 e. The maximum Gasteiger partial charge on any atom is 0.263 e. The van der Waals surface area contributed by atoms with Crippen LogP contribution in [0.5, 0.6) is 11.6 Å². The number of fused-ring (bicyclic) bond motifs is 1. The fourth-order valence-corrected chi connectivity index (χ4v) is 2.70. The van der Waals surface area contributed by atoms with E-state index in [-0.39, 0.29) is 11.7 Å². The van der Waals surface area contributed by atoms with Crippen LogP contribution >= 0.6 is 0 Å². The van der Waals surface area contributed by atoms with Gasteiger partial charge in [-0.3, -0.25) is 4.79 Å². The van der Waals surface area contributed by atoms with Gasteiger partial charge in [0.1, 0.15) is 11.3 Å². The first-order chi connectivity index (χ1) is 10.2. The summed E-state index contributed by atoms with van der Waals surface area (Å²) in [5.74, 6) is 0.218. The number of nitrogens with zero attached hydrogens (tertiary/aromatic N) is 2. The Labute approximate surface area is 122 Å². The number of phenolic OH excluding ortho intramolecular Hbond substituents is 1. The number of hydrogen-bond donors (Lipinski definition) is 1. The van der Waals surface area contributed by atoms with Gasteiger partial charge in [0.05, 0.1) is 12.8 Å². The molecular formula is C16H16N2O3. The van der Waals surface area contributed by atoms with Crippen LogP contribution in [0.3, 0.4) is 0 Å². The summed E-state index contributed by atoms with van der Waals surface area (Å²) in [6.45, 7) is 0.571. The van der Waals surface area contributed by atoms with Crippen molar-refractivity contribution in [3.05, 3.63) is 47.7 Å². The first kappa shape index (κ1) is 13.4. The molecule has 1 N–H and O–H groups in total. The molecule has 3 rings (SSSR count). The fraction of sp³-hybridized carbons (Fsp3) is 0.250. The molecule has 0 atom stereocenters. The normalized spacial score (nSPS) is 13.7. The highest BCUT2D eigenvalue weighted by molar-refractivity contribution is 6.08. The quantitative estimate of drug-likeness (QED) is 0.919. The van der Waals surface area contributed by atoms with Crippen LogP contribution in [-0.4, -0.2) is 29.7 Å². The summed E-state index contributed by atoms with van der Waals surface area (Å²) in [6, 6.07) is 8.72. The summed E-state index contributed by atoms with van der Waals surface area (Å²) >= 11 is 0. The fourth-order valence-electron chi connectivity index (χ4n) is 2.70. The van der Waals surface area contributed by atoms with Gasteiger partial charge in [-0.1, -0.05) is 12.1 Å². The Morgan fingerprint density at radius 3 is 3.00 bits per heavy atom. The van der Waals surface area contributed by atoms with Gasteiger partial charge < -0.3 is 14.7 Å². The Kier molecular flexibility index (Phi) is 3.48. The number of phenols is 1. The summed E-state index contributed by atoms with van der Waals surface area (Å²) in [5, 5.41) is 10.1. The summed E-state index contributed by atoms with van der Waals surface area (Å²) in [4.78, 5) is 18.5. The van der Waals surface area contributed by atoms with Crippen molar-refractivity contribution in [2.75, 3.05) is 18.6 Å². The number of hydrogen-bond acceptors (Lipinski definition) is 4. The molecule has 2 aromatic rings. The molecule has 1 aromatic heterocycles. The van der Waals surface area contributed by atoms with Gasteiger partial charge in [-0.25, -0.2) is 4.98 Å². The van der Waals surface area contributed by atoms with Crippen LogP contribution in [0, 0.1) is 0 Å². The van der Waals surface area contributed by atoms with Crippen molar-refractivity contribution in [3.63, 3.8) is 0 Å². The Hall–Kier alpha value is -2.56. The minimum absolute atomic E-state index is 0.128. The number of benzene rings is 1. The summed E-state index contributed by atoms with van der Waals surface area (Å²) < 4.78 is 5.15. The van der Waals surface area contributed by atoms with E-state index in [1.54, 1.807) is 35.4 Å². The molecule has 1 aliphatic heterocycles. The molecule has 0 saturated carbocycles. The number of aromatic hydroxyl groups is 1. The van der Waals surface area contributed by atoms with Gasteiger partial charge >= 0.3 is 0 Å². The molecule has 1 amide bonds. The number of methoxy groups -OCH3 is 1. The predicted octanol–water partition coefficient (Wildman–Crippen LogP) is 2.39. The maximum absolute atomic E-state index is 12.8. The Morgan fingerprint density at radius 1 is 1.33 bits per heavy atom. The van der Waals surface area contributed by atoms with Crippen LogP contribution in [0.25, 0.3) is 0 Å². The number of ether oxygens (including phenoxy) is 1. The number of para-hydroxylation sites is 1. The van der Waals surface area contributed by atoms with Crippen molar-refractivity contribution >= 4 is 11.6 Å². The third-order valence-corrected chi connectivity index (χ3v) is 3.64. The molecule has 5 heteroatoms.